The van der Waals surface area contributed by atoms with Crippen molar-refractivity contribution in [3.63, 3.8) is 0 Å². The zero-order valence-corrected chi connectivity index (χ0v) is 15.1. The van der Waals surface area contributed by atoms with Crippen molar-refractivity contribution < 1.29 is 14.3 Å². The van der Waals surface area contributed by atoms with Crippen LogP contribution >= 0.6 is 11.3 Å². The average molecular weight is 367 g/mol. The Hall–Kier alpha value is -3.19. The summed E-state index contributed by atoms with van der Waals surface area (Å²) >= 11 is 1.37. The van der Waals surface area contributed by atoms with Gasteiger partial charge in [-0.25, -0.2) is 14.9 Å². The number of amides is 1. The van der Waals surface area contributed by atoms with Gasteiger partial charge in [0.05, 0.1) is 14.2 Å². The smallest absolute Gasteiger partial charge is 0.258 e. The van der Waals surface area contributed by atoms with Gasteiger partial charge >= 0.3 is 0 Å². The second kappa shape index (κ2) is 8.26. The van der Waals surface area contributed by atoms with E-state index in [1.54, 1.807) is 57.0 Å². The predicted octanol–water partition coefficient (Wildman–Crippen LogP) is 3.93. The zero-order chi connectivity index (χ0) is 18.4. The van der Waals surface area contributed by atoms with Crippen molar-refractivity contribution >= 4 is 34.3 Å². The van der Waals surface area contributed by atoms with Gasteiger partial charge in [-0.1, -0.05) is 12.1 Å². The molecule has 1 aromatic carbocycles. The summed E-state index contributed by atoms with van der Waals surface area (Å²) in [6, 6.07) is 10.8. The summed E-state index contributed by atoms with van der Waals surface area (Å²) in [6.45, 7) is 0. The van der Waals surface area contributed by atoms with E-state index >= 15 is 0 Å². The number of aromatic nitrogens is 2. The molecule has 0 radical (unpaired) electrons. The largest absolute Gasteiger partial charge is 0.493 e. The number of anilines is 2. The van der Waals surface area contributed by atoms with Gasteiger partial charge in [0, 0.05) is 23.8 Å². The Morgan fingerprint density at radius 2 is 1.92 bits per heavy atom. The van der Waals surface area contributed by atoms with Crippen LogP contribution < -0.4 is 14.4 Å². The Bertz CT molecular complexity index is 896. The third-order valence-corrected chi connectivity index (χ3v) is 4.29. The fourth-order valence-electron chi connectivity index (χ4n) is 2.32. The maximum absolute atomic E-state index is 12.8. The molecule has 7 heteroatoms. The third kappa shape index (κ3) is 3.89. The van der Waals surface area contributed by atoms with E-state index in [4.69, 9.17) is 9.47 Å². The van der Waals surface area contributed by atoms with E-state index in [2.05, 4.69) is 9.97 Å². The molecule has 6 nitrogen and oxygen atoms in total. The van der Waals surface area contributed by atoms with Crippen molar-refractivity contribution in [3.05, 3.63) is 65.8 Å². The van der Waals surface area contributed by atoms with Crippen molar-refractivity contribution in [2.45, 2.75) is 0 Å². The van der Waals surface area contributed by atoms with Crippen LogP contribution in [0.3, 0.4) is 0 Å². The monoisotopic (exact) mass is 367 g/mol. The Kier molecular flexibility index (Phi) is 5.60. The summed E-state index contributed by atoms with van der Waals surface area (Å²) in [4.78, 5) is 22.8. The number of pyridine rings is 1. The maximum atomic E-state index is 12.8. The Morgan fingerprint density at radius 1 is 1.08 bits per heavy atom. The first kappa shape index (κ1) is 17.6. The van der Waals surface area contributed by atoms with Crippen molar-refractivity contribution in [2.75, 3.05) is 19.1 Å². The normalized spacial score (nSPS) is 10.7. The molecule has 0 aliphatic carbocycles. The minimum Gasteiger partial charge on any atom is -0.493 e. The van der Waals surface area contributed by atoms with Gasteiger partial charge in [0.1, 0.15) is 5.82 Å². The van der Waals surface area contributed by atoms with E-state index in [0.29, 0.717) is 22.4 Å². The van der Waals surface area contributed by atoms with E-state index < -0.39 is 0 Å². The number of nitrogens with zero attached hydrogens (tertiary/aromatic N) is 3. The van der Waals surface area contributed by atoms with Crippen LogP contribution in [0.1, 0.15) is 5.56 Å². The molecule has 0 aliphatic heterocycles. The Balaban J connectivity index is 1.88. The quantitative estimate of drug-likeness (QED) is 0.618. The molecule has 0 saturated heterocycles. The molecule has 26 heavy (non-hydrogen) atoms. The van der Waals surface area contributed by atoms with Crippen LogP contribution in [0.25, 0.3) is 6.08 Å². The second-order valence-electron chi connectivity index (χ2n) is 5.12. The minimum absolute atomic E-state index is 0.242. The summed E-state index contributed by atoms with van der Waals surface area (Å²) in [6.07, 6.45) is 6.49. The van der Waals surface area contributed by atoms with Gasteiger partial charge in [-0.2, -0.15) is 0 Å². The van der Waals surface area contributed by atoms with Crippen molar-refractivity contribution in [3.8, 4) is 11.5 Å². The Labute approximate surface area is 155 Å². The first-order valence-electron chi connectivity index (χ1n) is 7.77. The molecule has 3 aromatic rings. The van der Waals surface area contributed by atoms with E-state index in [0.717, 1.165) is 5.56 Å². The number of rotatable bonds is 6. The Morgan fingerprint density at radius 3 is 2.58 bits per heavy atom. The number of hydrogen-bond donors (Lipinski definition) is 0. The van der Waals surface area contributed by atoms with Crippen molar-refractivity contribution in [2.24, 2.45) is 0 Å². The lowest BCUT2D eigenvalue weighted by Gasteiger charge is -2.16. The molecule has 132 valence electrons. The number of hydrogen-bond acceptors (Lipinski definition) is 6. The number of thiazole rings is 1. The molecule has 0 atom stereocenters. The van der Waals surface area contributed by atoms with Crippen LogP contribution in [-0.2, 0) is 4.79 Å². The first-order valence-corrected chi connectivity index (χ1v) is 8.65. The van der Waals surface area contributed by atoms with Crippen molar-refractivity contribution in [1.82, 2.24) is 9.97 Å². The van der Waals surface area contributed by atoms with Gasteiger partial charge in [-0.3, -0.25) is 4.79 Å². The molecule has 0 spiro atoms. The van der Waals surface area contributed by atoms with Gasteiger partial charge in [0.25, 0.3) is 5.91 Å². The molecule has 0 saturated carbocycles. The van der Waals surface area contributed by atoms with E-state index in [1.165, 1.54) is 22.3 Å². The third-order valence-electron chi connectivity index (χ3n) is 3.54. The van der Waals surface area contributed by atoms with Crippen LogP contribution in [0.5, 0.6) is 11.5 Å². The first-order chi connectivity index (χ1) is 12.7. The highest BCUT2D eigenvalue weighted by Gasteiger charge is 2.19. The molecular weight excluding hydrogens is 350 g/mol. The van der Waals surface area contributed by atoms with Crippen LogP contribution in [0, 0.1) is 0 Å². The molecule has 2 aromatic heterocycles. The number of benzene rings is 1. The van der Waals surface area contributed by atoms with Gasteiger partial charge in [0.2, 0.25) is 0 Å². The molecule has 1 amide bonds. The number of methoxy groups -OCH3 is 2. The van der Waals surface area contributed by atoms with Gasteiger partial charge < -0.3 is 9.47 Å². The van der Waals surface area contributed by atoms with Gasteiger partial charge in [0.15, 0.2) is 16.6 Å². The SMILES string of the molecule is COc1ccc(/C=C/C(=O)N(c2ccccn2)c2nccs2)cc1OC. The van der Waals surface area contributed by atoms with Gasteiger partial charge in [-0.05, 0) is 35.9 Å². The molecule has 0 aliphatic rings. The molecule has 0 fully saturated rings. The molecule has 0 unspecified atom stereocenters. The number of carbonyl (C=O) groups excluding carboxylic acids is 1. The minimum atomic E-state index is -0.242. The highest BCUT2D eigenvalue weighted by Crippen LogP contribution is 2.29. The lowest BCUT2D eigenvalue weighted by Crippen LogP contribution is -2.24. The zero-order valence-electron chi connectivity index (χ0n) is 14.3. The van der Waals surface area contributed by atoms with Crippen LogP contribution in [-0.4, -0.2) is 30.1 Å². The molecule has 0 N–H and O–H groups in total. The summed E-state index contributed by atoms with van der Waals surface area (Å²) in [7, 11) is 3.15. The fraction of sp³-hybridized carbons (Fsp3) is 0.105. The molecule has 0 bridgehead atoms. The van der Waals surface area contributed by atoms with Crippen LogP contribution in [0.2, 0.25) is 0 Å². The lowest BCUT2D eigenvalue weighted by atomic mass is 10.2. The fourth-order valence-corrected chi connectivity index (χ4v) is 2.97. The number of carbonyl (C=O) groups is 1. The summed E-state index contributed by atoms with van der Waals surface area (Å²) in [5.74, 6) is 1.51. The molecule has 3 rings (SSSR count). The predicted molar refractivity (Wildman–Crippen MR) is 102 cm³/mol. The van der Waals surface area contributed by atoms with Crippen molar-refractivity contribution in [1.29, 1.82) is 0 Å². The maximum Gasteiger partial charge on any atom is 0.258 e. The number of ether oxygens (including phenoxy) is 2. The second-order valence-corrected chi connectivity index (χ2v) is 6.00. The lowest BCUT2D eigenvalue weighted by molar-refractivity contribution is -0.113. The topological polar surface area (TPSA) is 64.5 Å². The highest BCUT2D eigenvalue weighted by molar-refractivity contribution is 7.13. The molecule has 2 heterocycles. The van der Waals surface area contributed by atoms with E-state index in [-0.39, 0.29) is 5.91 Å². The van der Waals surface area contributed by atoms with E-state index in [1.807, 2.05) is 17.5 Å². The van der Waals surface area contributed by atoms with Crippen LogP contribution in [0.4, 0.5) is 10.9 Å². The van der Waals surface area contributed by atoms with Crippen LogP contribution in [0.15, 0.2) is 60.2 Å². The standard InChI is InChI=1S/C19H17N3O3S/c1-24-15-8-6-14(13-16(15)25-2)7-9-18(23)22(19-21-11-12-26-19)17-5-3-4-10-20-17/h3-13H,1-2H3/b9-7+. The van der Waals surface area contributed by atoms with Gasteiger partial charge in [-0.15, -0.1) is 11.3 Å². The highest BCUT2D eigenvalue weighted by atomic mass is 32.1. The summed E-state index contributed by atoms with van der Waals surface area (Å²) in [5.41, 5.74) is 0.816. The molecular formula is C19H17N3O3S. The summed E-state index contributed by atoms with van der Waals surface area (Å²) in [5, 5.41) is 2.38. The van der Waals surface area contributed by atoms with E-state index in [9.17, 15) is 4.79 Å². The average Bonchev–Trinajstić information content (AvgIpc) is 3.21. The summed E-state index contributed by atoms with van der Waals surface area (Å²) < 4.78 is 10.5.